The monoisotopic (exact) mass is 421 g/mol. The minimum atomic E-state index is -4.61. The van der Waals surface area contributed by atoms with Crippen LogP contribution < -0.4 is 5.32 Å². The van der Waals surface area contributed by atoms with E-state index in [0.29, 0.717) is 5.65 Å². The normalized spacial score (nSPS) is 24.3. The third-order valence-corrected chi connectivity index (χ3v) is 5.22. The smallest absolute Gasteiger partial charge is 0.385 e. The molecular formula is C19H18F3N5O3. The number of fused-ring (bicyclic) bond motifs is 1. The van der Waals surface area contributed by atoms with E-state index < -0.39 is 28.9 Å². The van der Waals surface area contributed by atoms with E-state index in [2.05, 4.69) is 20.4 Å². The van der Waals surface area contributed by atoms with Crippen LogP contribution in [0.15, 0.2) is 36.9 Å². The second-order valence-corrected chi connectivity index (χ2v) is 7.51. The van der Waals surface area contributed by atoms with Crippen LogP contribution >= 0.6 is 0 Å². The van der Waals surface area contributed by atoms with Crippen molar-refractivity contribution in [2.45, 2.75) is 31.2 Å². The average molecular weight is 421 g/mol. The fourth-order valence-electron chi connectivity index (χ4n) is 3.52. The van der Waals surface area contributed by atoms with Crippen molar-refractivity contribution in [3.63, 3.8) is 0 Å². The number of ether oxygens (including phenoxy) is 1. The van der Waals surface area contributed by atoms with Crippen molar-refractivity contribution in [1.29, 1.82) is 0 Å². The highest BCUT2D eigenvalue weighted by Gasteiger charge is 2.55. The number of pyridine rings is 1. The molecule has 0 spiro atoms. The van der Waals surface area contributed by atoms with Crippen LogP contribution in [0.2, 0.25) is 0 Å². The number of carbonyl (C=O) groups excluding carboxylic acids is 1. The van der Waals surface area contributed by atoms with Gasteiger partial charge in [0.15, 0.2) is 5.65 Å². The molecule has 4 rings (SSSR count). The van der Waals surface area contributed by atoms with Gasteiger partial charge in [-0.25, -0.2) is 9.50 Å². The molecular weight excluding hydrogens is 403 g/mol. The second kappa shape index (κ2) is 6.74. The largest absolute Gasteiger partial charge is 0.433 e. The van der Waals surface area contributed by atoms with Crippen LogP contribution in [0, 0.1) is 6.92 Å². The molecule has 11 heteroatoms. The molecule has 2 atom stereocenters. The molecule has 158 valence electrons. The Kier molecular flexibility index (Phi) is 4.55. The van der Waals surface area contributed by atoms with Crippen LogP contribution in [-0.4, -0.2) is 49.4 Å². The summed E-state index contributed by atoms with van der Waals surface area (Å²) in [4.78, 5) is 20.8. The molecule has 4 heterocycles. The highest BCUT2D eigenvalue weighted by Crippen LogP contribution is 2.39. The number of hydrogen-bond donors (Lipinski definition) is 2. The van der Waals surface area contributed by atoms with Gasteiger partial charge in [-0.3, -0.25) is 9.78 Å². The van der Waals surface area contributed by atoms with Crippen molar-refractivity contribution in [2.24, 2.45) is 0 Å². The standard InChI is InChI=1S/C19H18F3N5O3/c1-11-5-24-15-13(7-25-27(15)8-11)16(28)26-18(10-30-9-17(18,2)29)12-3-4-14(23-6-12)19(20,21)22/h3-8,29H,9-10H2,1-2H3,(H,26,28). The molecule has 0 radical (unpaired) electrons. The van der Waals surface area contributed by atoms with E-state index in [-0.39, 0.29) is 24.3 Å². The van der Waals surface area contributed by atoms with Gasteiger partial charge in [0, 0.05) is 24.2 Å². The number of carbonyl (C=O) groups is 1. The second-order valence-electron chi connectivity index (χ2n) is 7.51. The Labute approximate surface area is 168 Å². The molecule has 1 fully saturated rings. The molecule has 2 N–H and O–H groups in total. The Morgan fingerprint density at radius 1 is 1.23 bits per heavy atom. The molecule has 8 nitrogen and oxygen atoms in total. The first-order valence-corrected chi connectivity index (χ1v) is 9.00. The zero-order valence-electron chi connectivity index (χ0n) is 16.1. The number of amides is 1. The van der Waals surface area contributed by atoms with Crippen LogP contribution in [0.4, 0.5) is 13.2 Å². The lowest BCUT2D eigenvalue weighted by molar-refractivity contribution is -0.141. The SMILES string of the molecule is Cc1cnc2c(C(=O)NC3(c4ccc(C(F)(F)F)nc4)COCC3(C)O)cnn2c1. The quantitative estimate of drug-likeness (QED) is 0.670. The maximum atomic E-state index is 13.1. The van der Waals surface area contributed by atoms with Gasteiger partial charge in [0.1, 0.15) is 22.4 Å². The number of aliphatic hydroxyl groups is 1. The van der Waals surface area contributed by atoms with Crippen LogP contribution in [0.3, 0.4) is 0 Å². The summed E-state index contributed by atoms with van der Waals surface area (Å²) in [5, 5.41) is 17.8. The topological polar surface area (TPSA) is 102 Å². The Morgan fingerprint density at radius 3 is 2.60 bits per heavy atom. The molecule has 1 saturated heterocycles. The first-order valence-electron chi connectivity index (χ1n) is 9.00. The number of aromatic nitrogens is 4. The van der Waals surface area contributed by atoms with Gasteiger partial charge in [0.2, 0.25) is 0 Å². The van der Waals surface area contributed by atoms with E-state index in [4.69, 9.17) is 4.74 Å². The van der Waals surface area contributed by atoms with Gasteiger partial charge in [0.05, 0.1) is 19.4 Å². The van der Waals surface area contributed by atoms with Gasteiger partial charge in [-0.05, 0) is 25.5 Å². The van der Waals surface area contributed by atoms with E-state index in [9.17, 15) is 23.1 Å². The fourth-order valence-corrected chi connectivity index (χ4v) is 3.52. The summed E-state index contributed by atoms with van der Waals surface area (Å²) in [5.41, 5.74) is -2.71. The maximum Gasteiger partial charge on any atom is 0.433 e. The molecule has 0 aromatic carbocycles. The molecule has 3 aromatic heterocycles. The number of rotatable bonds is 3. The summed E-state index contributed by atoms with van der Waals surface area (Å²) < 4.78 is 45.5. The zero-order valence-corrected chi connectivity index (χ0v) is 16.1. The van der Waals surface area contributed by atoms with Crippen LogP contribution in [0.1, 0.15) is 34.1 Å². The maximum absolute atomic E-state index is 13.1. The molecule has 1 amide bonds. The highest BCUT2D eigenvalue weighted by atomic mass is 19.4. The summed E-state index contributed by atoms with van der Waals surface area (Å²) in [7, 11) is 0. The molecule has 3 aromatic rings. The van der Waals surface area contributed by atoms with E-state index in [1.54, 1.807) is 12.4 Å². The highest BCUT2D eigenvalue weighted by molar-refractivity contribution is 6.00. The molecule has 2 unspecified atom stereocenters. The first kappa shape index (κ1) is 20.2. The molecule has 1 aliphatic heterocycles. The first-order chi connectivity index (χ1) is 14.0. The van der Waals surface area contributed by atoms with Crippen LogP contribution in [0.5, 0.6) is 0 Å². The number of nitrogens with zero attached hydrogens (tertiary/aromatic N) is 4. The summed E-state index contributed by atoms with van der Waals surface area (Å²) in [6.45, 7) is 2.99. The Hall–Kier alpha value is -3.05. The minimum Gasteiger partial charge on any atom is -0.385 e. The number of nitrogens with one attached hydrogen (secondary N) is 1. The lowest BCUT2D eigenvalue weighted by Gasteiger charge is -2.39. The van der Waals surface area contributed by atoms with Gasteiger partial charge in [-0.2, -0.15) is 18.3 Å². The fraction of sp³-hybridized carbons (Fsp3) is 0.368. The van der Waals surface area contributed by atoms with E-state index in [1.165, 1.54) is 23.7 Å². The third kappa shape index (κ3) is 3.19. The van der Waals surface area contributed by atoms with Gasteiger partial charge in [-0.1, -0.05) is 6.07 Å². The number of alkyl halides is 3. The zero-order chi connectivity index (χ0) is 21.7. The summed E-state index contributed by atoms with van der Waals surface area (Å²) in [6, 6.07) is 1.98. The predicted molar refractivity (Wildman–Crippen MR) is 97.6 cm³/mol. The van der Waals surface area contributed by atoms with Crippen molar-refractivity contribution in [3.05, 3.63) is 59.3 Å². The van der Waals surface area contributed by atoms with E-state index >= 15 is 0 Å². The van der Waals surface area contributed by atoms with Crippen LogP contribution in [0.25, 0.3) is 5.65 Å². The Balaban J connectivity index is 1.74. The summed E-state index contributed by atoms with van der Waals surface area (Å²) >= 11 is 0. The van der Waals surface area contributed by atoms with Crippen molar-refractivity contribution in [2.75, 3.05) is 13.2 Å². The van der Waals surface area contributed by atoms with Crippen molar-refractivity contribution in [1.82, 2.24) is 24.9 Å². The van der Waals surface area contributed by atoms with E-state index in [0.717, 1.165) is 17.8 Å². The number of halogens is 3. The molecule has 0 saturated carbocycles. The van der Waals surface area contributed by atoms with E-state index in [1.807, 2.05) is 6.92 Å². The summed E-state index contributed by atoms with van der Waals surface area (Å²) in [5.74, 6) is -0.605. The molecule has 30 heavy (non-hydrogen) atoms. The Bertz CT molecular complexity index is 1110. The molecule has 0 aliphatic carbocycles. The van der Waals surface area contributed by atoms with Gasteiger partial charge in [-0.15, -0.1) is 0 Å². The summed E-state index contributed by atoms with van der Waals surface area (Å²) in [6.07, 6.45) is 0.997. The molecule has 1 aliphatic rings. The average Bonchev–Trinajstić information content (AvgIpc) is 3.22. The Morgan fingerprint density at radius 2 is 2.00 bits per heavy atom. The molecule has 0 bridgehead atoms. The predicted octanol–water partition coefficient (Wildman–Crippen LogP) is 1.86. The van der Waals surface area contributed by atoms with Gasteiger partial charge < -0.3 is 15.2 Å². The van der Waals surface area contributed by atoms with Crippen molar-refractivity contribution >= 4 is 11.6 Å². The number of hydrogen-bond acceptors (Lipinski definition) is 6. The minimum absolute atomic E-state index is 0.124. The van der Waals surface area contributed by atoms with Crippen LogP contribution in [-0.2, 0) is 16.5 Å². The van der Waals surface area contributed by atoms with Crippen molar-refractivity contribution in [3.8, 4) is 0 Å². The third-order valence-electron chi connectivity index (χ3n) is 5.22. The number of aryl methyl sites for hydroxylation is 1. The van der Waals surface area contributed by atoms with Gasteiger partial charge >= 0.3 is 6.18 Å². The van der Waals surface area contributed by atoms with Crippen molar-refractivity contribution < 1.29 is 27.8 Å². The van der Waals surface area contributed by atoms with Gasteiger partial charge in [0.25, 0.3) is 5.91 Å². The lowest BCUT2D eigenvalue weighted by atomic mass is 9.78. The lowest BCUT2D eigenvalue weighted by Crippen LogP contribution is -2.60.